The molecule has 0 aliphatic carbocycles. The zero-order valence-electron chi connectivity index (χ0n) is 20.8. The smallest absolute Gasteiger partial charge is 0.184 e. The van der Waals surface area contributed by atoms with Crippen LogP contribution in [0.5, 0.6) is 0 Å². The summed E-state index contributed by atoms with van der Waals surface area (Å²) in [5.41, 5.74) is 11.9. The van der Waals surface area contributed by atoms with Gasteiger partial charge in [0.15, 0.2) is 12.1 Å². The number of thiazole rings is 1. The molecule has 2 fully saturated rings. The first-order valence-corrected chi connectivity index (χ1v) is 14.1. The Balaban J connectivity index is 1.38. The molecule has 1 N–H and O–H groups in total. The van der Waals surface area contributed by atoms with Gasteiger partial charge in [-0.25, -0.2) is 14.6 Å². The summed E-state index contributed by atoms with van der Waals surface area (Å²) in [6.07, 6.45) is -2.12. The number of nitrogens with zero attached hydrogens (tertiary/aromatic N) is 7. The third-order valence-electron chi connectivity index (χ3n) is 6.65. The van der Waals surface area contributed by atoms with Crippen LogP contribution in [0, 0.1) is 13.8 Å². The van der Waals surface area contributed by atoms with Gasteiger partial charge in [-0.1, -0.05) is 35.4 Å². The van der Waals surface area contributed by atoms with Crippen molar-refractivity contribution < 1.29 is 19.3 Å². The van der Waals surface area contributed by atoms with Crippen molar-refractivity contribution in [2.75, 3.05) is 12.9 Å². The maximum absolute atomic E-state index is 11.5. The predicted octanol–water partition coefficient (Wildman–Crippen LogP) is 4.81. The molecule has 196 valence electrons. The number of azide groups is 1. The molecule has 0 saturated carbocycles. The van der Waals surface area contributed by atoms with Crippen LogP contribution < -0.4 is 0 Å². The molecule has 38 heavy (non-hydrogen) atoms. The molecule has 13 heteroatoms. The lowest BCUT2D eigenvalue weighted by atomic mass is 9.91. The molecule has 4 aromatic rings. The van der Waals surface area contributed by atoms with Crippen molar-refractivity contribution in [3.63, 3.8) is 0 Å². The van der Waals surface area contributed by atoms with Gasteiger partial charge in [0.1, 0.15) is 24.1 Å². The highest BCUT2D eigenvalue weighted by Gasteiger charge is 2.51. The Bertz CT molecular complexity index is 1520. The third-order valence-corrected chi connectivity index (χ3v) is 8.35. The molecule has 6 atom stereocenters. The molecule has 0 radical (unpaired) electrons. The van der Waals surface area contributed by atoms with E-state index >= 15 is 0 Å². The lowest BCUT2D eigenvalue weighted by Crippen LogP contribution is -2.58. The second-order valence-electron chi connectivity index (χ2n) is 9.11. The average Bonchev–Trinajstić information content (AvgIpc) is 3.50. The summed E-state index contributed by atoms with van der Waals surface area (Å²) in [5, 5.41) is 21.1. The van der Waals surface area contributed by atoms with Crippen LogP contribution in [0.15, 0.2) is 52.5 Å². The molecule has 6 rings (SSSR count). The first-order chi connectivity index (χ1) is 18.5. The quantitative estimate of drug-likeness (QED) is 0.161. The van der Waals surface area contributed by atoms with Crippen molar-refractivity contribution in [3.8, 4) is 5.69 Å². The van der Waals surface area contributed by atoms with E-state index in [1.165, 1.54) is 0 Å². The number of aliphatic hydroxyl groups excluding tert-OH is 1. The lowest BCUT2D eigenvalue weighted by Gasteiger charge is -2.46. The average molecular weight is 552 g/mol. The molecule has 0 spiro atoms. The van der Waals surface area contributed by atoms with Crippen molar-refractivity contribution in [2.45, 2.75) is 55.5 Å². The molecular formula is C25H25N7O4S2. The highest BCUT2D eigenvalue weighted by Crippen LogP contribution is 2.41. The van der Waals surface area contributed by atoms with Gasteiger partial charge in [-0.3, -0.25) is 0 Å². The molecular weight excluding hydrogens is 526 g/mol. The van der Waals surface area contributed by atoms with Crippen molar-refractivity contribution in [3.05, 3.63) is 75.1 Å². The molecule has 2 aromatic heterocycles. The van der Waals surface area contributed by atoms with E-state index in [1.54, 1.807) is 34.7 Å². The van der Waals surface area contributed by atoms with Crippen LogP contribution in [0.3, 0.4) is 0 Å². The summed E-state index contributed by atoms with van der Waals surface area (Å²) in [7, 11) is 0. The second kappa shape index (κ2) is 10.3. The van der Waals surface area contributed by atoms with Crippen LogP contribution in [0.4, 0.5) is 0 Å². The molecule has 0 bridgehead atoms. The van der Waals surface area contributed by atoms with Crippen LogP contribution in [-0.2, 0) is 14.2 Å². The number of aryl methyl sites for hydroxylation is 2. The molecule has 2 aromatic carbocycles. The number of hydrogen-bond donors (Lipinski definition) is 1. The maximum atomic E-state index is 11.5. The van der Waals surface area contributed by atoms with Gasteiger partial charge in [-0.2, -0.15) is 5.10 Å². The molecule has 2 aliphatic rings. The van der Waals surface area contributed by atoms with Crippen molar-refractivity contribution in [1.82, 2.24) is 19.7 Å². The van der Waals surface area contributed by atoms with Gasteiger partial charge in [-0.05, 0) is 37.8 Å². The number of benzene rings is 2. The van der Waals surface area contributed by atoms with Crippen LogP contribution in [0.2, 0.25) is 0 Å². The lowest BCUT2D eigenvalue weighted by molar-refractivity contribution is -0.309. The summed E-state index contributed by atoms with van der Waals surface area (Å²) in [4.78, 5) is 13.2. The Kier molecular flexibility index (Phi) is 6.82. The van der Waals surface area contributed by atoms with E-state index < -0.39 is 36.7 Å². The zero-order chi connectivity index (χ0) is 26.4. The van der Waals surface area contributed by atoms with E-state index in [-0.39, 0.29) is 6.61 Å². The largest absolute Gasteiger partial charge is 0.389 e. The Morgan fingerprint density at radius 1 is 1.18 bits per heavy atom. The number of aromatic nitrogens is 4. The Morgan fingerprint density at radius 2 is 2.00 bits per heavy atom. The summed E-state index contributed by atoms with van der Waals surface area (Å²) in [5.74, 6) is 0.929. The van der Waals surface area contributed by atoms with Gasteiger partial charge >= 0.3 is 0 Å². The number of fused-ring (bicyclic) bond motifs is 2. The minimum Gasteiger partial charge on any atom is -0.389 e. The van der Waals surface area contributed by atoms with Crippen LogP contribution in [-0.4, -0.2) is 62.1 Å². The monoisotopic (exact) mass is 551 g/mol. The number of thioether (sulfide) groups is 1. The number of rotatable bonds is 5. The zero-order valence-corrected chi connectivity index (χ0v) is 22.5. The van der Waals surface area contributed by atoms with Gasteiger partial charge < -0.3 is 19.3 Å². The molecule has 2 aliphatic heterocycles. The van der Waals surface area contributed by atoms with Crippen molar-refractivity contribution in [1.29, 1.82) is 0 Å². The fourth-order valence-electron chi connectivity index (χ4n) is 4.98. The van der Waals surface area contributed by atoms with Crippen molar-refractivity contribution in [2.24, 2.45) is 5.11 Å². The van der Waals surface area contributed by atoms with E-state index in [1.807, 2.05) is 55.6 Å². The molecule has 2 saturated heterocycles. The maximum Gasteiger partial charge on any atom is 0.184 e. The van der Waals surface area contributed by atoms with E-state index in [0.717, 1.165) is 31.4 Å². The number of ether oxygens (including phenoxy) is 3. The highest BCUT2D eigenvalue weighted by molar-refractivity contribution is 7.98. The highest BCUT2D eigenvalue weighted by atomic mass is 32.2. The van der Waals surface area contributed by atoms with E-state index in [0.29, 0.717) is 11.6 Å². The summed E-state index contributed by atoms with van der Waals surface area (Å²) >= 11 is 3.17. The first-order valence-electron chi connectivity index (χ1n) is 12.1. The fraction of sp³-hybridized carbons (Fsp3) is 0.400. The Morgan fingerprint density at radius 3 is 2.76 bits per heavy atom. The minimum absolute atomic E-state index is 0.195. The van der Waals surface area contributed by atoms with Gasteiger partial charge in [-0.15, -0.1) is 23.1 Å². The predicted molar refractivity (Wildman–Crippen MR) is 142 cm³/mol. The van der Waals surface area contributed by atoms with Crippen molar-refractivity contribution >= 4 is 33.3 Å². The van der Waals surface area contributed by atoms with E-state index in [2.05, 4.69) is 25.1 Å². The third kappa shape index (κ3) is 4.46. The first kappa shape index (κ1) is 25.3. The molecule has 4 heterocycles. The Labute approximate surface area is 226 Å². The summed E-state index contributed by atoms with van der Waals surface area (Å²) in [6.45, 7) is 3.96. The normalized spacial score (nSPS) is 27.2. The van der Waals surface area contributed by atoms with Gasteiger partial charge in [0.05, 0.1) is 39.7 Å². The topological polar surface area (TPSA) is 140 Å². The minimum atomic E-state index is -1.23. The van der Waals surface area contributed by atoms with Crippen LogP contribution in [0.1, 0.15) is 34.6 Å². The van der Waals surface area contributed by atoms with Crippen LogP contribution >= 0.6 is 23.1 Å². The SMILES string of the molecule is CSc1cc2nc(C)sc2cc1-n1nc(C)nc1[C@@H]1OC2COC(c3ccccc3)O[C@@H]2C(N=[N+]=[N-])C1O. The summed E-state index contributed by atoms with van der Waals surface area (Å²) < 4.78 is 21.2. The van der Waals surface area contributed by atoms with Crippen LogP contribution in [0.25, 0.3) is 26.3 Å². The second-order valence-corrected chi connectivity index (χ2v) is 11.2. The molecule has 11 nitrogen and oxygen atoms in total. The standard InChI is InChI=1S/C25H25N7O4S2/c1-12-27-24(32(30-12)16-10-18-15(9-19(16)37-3)28-13(2)38-18)23-21(33)20(29-31-26)22-17(35-23)11-34-25(36-22)14-7-5-4-6-8-14/h4-10,17,20-23,25,33H,11H2,1-3H3/t17?,20?,21?,22-,23+,25?/m0/s1. The van der Waals surface area contributed by atoms with Gasteiger partial charge in [0.2, 0.25) is 0 Å². The molecule has 0 amide bonds. The number of hydrogen-bond acceptors (Lipinski definition) is 10. The van der Waals surface area contributed by atoms with E-state index in [9.17, 15) is 10.6 Å². The van der Waals surface area contributed by atoms with E-state index in [4.69, 9.17) is 14.2 Å². The van der Waals surface area contributed by atoms with Gasteiger partial charge in [0.25, 0.3) is 0 Å². The summed E-state index contributed by atoms with van der Waals surface area (Å²) in [6, 6.07) is 12.6. The Hall–Kier alpha value is -3.03. The van der Waals surface area contributed by atoms with Gasteiger partial charge in [0, 0.05) is 15.4 Å². The molecule has 4 unspecified atom stereocenters. The fourth-order valence-corrected chi connectivity index (χ4v) is 6.41. The number of aliphatic hydroxyl groups is 1.